The molecule has 0 amide bonds. The maximum absolute atomic E-state index is 13.6. The van der Waals surface area contributed by atoms with Gasteiger partial charge in [-0.05, 0) is 67.8 Å². The zero-order chi connectivity index (χ0) is 24.9. The highest BCUT2D eigenvalue weighted by atomic mass is 16.1. The lowest BCUT2D eigenvalue weighted by Crippen LogP contribution is -2.44. The van der Waals surface area contributed by atoms with E-state index in [4.69, 9.17) is 4.98 Å². The Kier molecular flexibility index (Phi) is 5.79. The monoisotopic (exact) mass is 485 g/mol. The van der Waals surface area contributed by atoms with Gasteiger partial charge in [-0.1, -0.05) is 32.4 Å². The summed E-state index contributed by atoms with van der Waals surface area (Å²) in [5, 5.41) is 8.66. The van der Waals surface area contributed by atoms with Gasteiger partial charge in [0.05, 0.1) is 17.5 Å². The van der Waals surface area contributed by atoms with Gasteiger partial charge in [-0.25, -0.2) is 4.98 Å². The Hall–Kier alpha value is -3.26. The summed E-state index contributed by atoms with van der Waals surface area (Å²) >= 11 is 0. The van der Waals surface area contributed by atoms with E-state index in [2.05, 4.69) is 52.1 Å². The second-order valence-corrected chi connectivity index (χ2v) is 11.0. The second-order valence-electron chi connectivity index (χ2n) is 11.0. The number of nitrogens with zero attached hydrogens (tertiary/aromatic N) is 6. The van der Waals surface area contributed by atoms with Crippen LogP contribution in [0, 0.1) is 11.8 Å². The number of hydrogen-bond donors (Lipinski definition) is 1. The Balaban J connectivity index is 1.34. The lowest BCUT2D eigenvalue weighted by Gasteiger charge is -2.47. The molecule has 2 fully saturated rings. The van der Waals surface area contributed by atoms with Crippen molar-refractivity contribution in [2.75, 3.05) is 13.1 Å². The van der Waals surface area contributed by atoms with Gasteiger partial charge < -0.3 is 9.55 Å². The molecule has 2 aliphatic rings. The summed E-state index contributed by atoms with van der Waals surface area (Å²) in [5.41, 5.74) is 3.12. The summed E-state index contributed by atoms with van der Waals surface area (Å²) in [6.07, 6.45) is 9.39. The minimum Gasteiger partial charge on any atom is -0.336 e. The van der Waals surface area contributed by atoms with Crippen molar-refractivity contribution in [2.24, 2.45) is 18.9 Å². The van der Waals surface area contributed by atoms with Crippen molar-refractivity contribution in [1.29, 1.82) is 0 Å². The van der Waals surface area contributed by atoms with Crippen LogP contribution in [0.25, 0.3) is 16.7 Å². The van der Waals surface area contributed by atoms with Crippen molar-refractivity contribution >= 4 is 11.0 Å². The molecule has 1 saturated carbocycles. The van der Waals surface area contributed by atoms with E-state index >= 15 is 0 Å². The summed E-state index contributed by atoms with van der Waals surface area (Å²) < 4.78 is 3.77. The number of piperidine rings is 1. The van der Waals surface area contributed by atoms with Crippen LogP contribution in [0.15, 0.2) is 47.7 Å². The first kappa shape index (κ1) is 23.2. The van der Waals surface area contributed by atoms with Gasteiger partial charge in [0.25, 0.3) is 5.56 Å². The fourth-order valence-corrected chi connectivity index (χ4v) is 6.41. The molecular formula is C28H35N7O. The molecule has 0 unspecified atom stereocenters. The minimum absolute atomic E-state index is 0.0665. The number of likely N-dealkylation sites (tertiary alicyclic amines) is 1. The molecule has 4 heterocycles. The van der Waals surface area contributed by atoms with Crippen LogP contribution in [0.4, 0.5) is 0 Å². The zero-order valence-electron chi connectivity index (χ0n) is 21.4. The summed E-state index contributed by atoms with van der Waals surface area (Å²) in [4.78, 5) is 24.1. The third-order valence-corrected chi connectivity index (χ3v) is 8.38. The SMILES string of the molecule is CCC1CC(c2cccc(-n3ccc4nc(CN5CCC[C@H](C)C5)[nH]c4c3=O)c2)(c2nncn2C)C1. The van der Waals surface area contributed by atoms with E-state index in [0.717, 1.165) is 61.7 Å². The van der Waals surface area contributed by atoms with Crippen molar-refractivity contribution in [3.63, 3.8) is 0 Å². The Labute approximate surface area is 211 Å². The number of imidazole rings is 1. The quantitative estimate of drug-likeness (QED) is 0.443. The first-order chi connectivity index (χ1) is 17.5. The Bertz CT molecular complexity index is 1440. The maximum atomic E-state index is 13.6. The van der Waals surface area contributed by atoms with E-state index in [-0.39, 0.29) is 11.0 Å². The van der Waals surface area contributed by atoms with Crippen LogP contribution in [0.1, 0.15) is 63.2 Å². The van der Waals surface area contributed by atoms with Crippen LogP contribution in [0.5, 0.6) is 0 Å². The Morgan fingerprint density at radius 3 is 2.83 bits per heavy atom. The number of aryl methyl sites for hydroxylation is 1. The number of aromatic nitrogens is 6. The summed E-state index contributed by atoms with van der Waals surface area (Å²) in [5.74, 6) is 3.25. The molecule has 4 aromatic rings. The van der Waals surface area contributed by atoms with Crippen molar-refractivity contribution < 1.29 is 0 Å². The van der Waals surface area contributed by atoms with Gasteiger partial charge in [-0.3, -0.25) is 14.3 Å². The predicted molar refractivity (Wildman–Crippen MR) is 140 cm³/mol. The topological polar surface area (TPSA) is 84.6 Å². The molecule has 6 rings (SSSR count). The van der Waals surface area contributed by atoms with Gasteiger partial charge in [-0.2, -0.15) is 0 Å². The predicted octanol–water partition coefficient (Wildman–Crippen LogP) is 4.18. The fourth-order valence-electron chi connectivity index (χ4n) is 6.41. The van der Waals surface area contributed by atoms with Crippen LogP contribution >= 0.6 is 0 Å². The van der Waals surface area contributed by atoms with Gasteiger partial charge in [0, 0.05) is 25.5 Å². The lowest BCUT2D eigenvalue weighted by atomic mass is 9.57. The van der Waals surface area contributed by atoms with E-state index in [9.17, 15) is 4.79 Å². The number of pyridine rings is 1. The molecule has 8 nitrogen and oxygen atoms in total. The third-order valence-electron chi connectivity index (χ3n) is 8.38. The molecule has 3 aromatic heterocycles. The van der Waals surface area contributed by atoms with Crippen molar-refractivity contribution in [3.05, 3.63) is 70.4 Å². The normalized spacial score (nSPS) is 24.8. The molecule has 1 aromatic carbocycles. The summed E-state index contributed by atoms with van der Waals surface area (Å²) in [7, 11) is 2.01. The Morgan fingerprint density at radius 2 is 2.08 bits per heavy atom. The number of fused-ring (bicyclic) bond motifs is 1. The number of H-pyrrole nitrogens is 1. The minimum atomic E-state index is -0.164. The number of hydrogen-bond acceptors (Lipinski definition) is 5. The van der Waals surface area contributed by atoms with Crippen LogP contribution in [0.2, 0.25) is 0 Å². The average molecular weight is 486 g/mol. The van der Waals surface area contributed by atoms with Crippen molar-refractivity contribution in [2.45, 2.75) is 57.9 Å². The molecule has 1 atom stereocenters. The number of rotatable bonds is 6. The molecule has 1 saturated heterocycles. The smallest absolute Gasteiger partial charge is 0.281 e. The van der Waals surface area contributed by atoms with Crippen LogP contribution < -0.4 is 5.56 Å². The second kappa shape index (κ2) is 9.00. The third kappa shape index (κ3) is 3.88. The van der Waals surface area contributed by atoms with Gasteiger partial charge >= 0.3 is 0 Å². The Morgan fingerprint density at radius 1 is 1.22 bits per heavy atom. The van der Waals surface area contributed by atoms with E-state index < -0.39 is 0 Å². The van der Waals surface area contributed by atoms with Crippen LogP contribution in [-0.2, 0) is 19.0 Å². The summed E-state index contributed by atoms with van der Waals surface area (Å²) in [6, 6.07) is 10.3. The number of benzene rings is 1. The van der Waals surface area contributed by atoms with Gasteiger partial charge in [0.1, 0.15) is 23.5 Å². The molecule has 1 aliphatic carbocycles. The lowest BCUT2D eigenvalue weighted by molar-refractivity contribution is 0.163. The fraction of sp³-hybridized carbons (Fsp3) is 0.500. The molecule has 1 N–H and O–H groups in total. The van der Waals surface area contributed by atoms with E-state index in [1.807, 2.05) is 29.9 Å². The first-order valence-electron chi connectivity index (χ1n) is 13.2. The first-order valence-corrected chi connectivity index (χ1v) is 13.2. The van der Waals surface area contributed by atoms with Gasteiger partial charge in [0.2, 0.25) is 0 Å². The maximum Gasteiger partial charge on any atom is 0.281 e. The molecule has 36 heavy (non-hydrogen) atoms. The highest BCUT2D eigenvalue weighted by molar-refractivity contribution is 5.74. The number of nitrogens with one attached hydrogen (secondary N) is 1. The van der Waals surface area contributed by atoms with Crippen LogP contribution in [-0.4, -0.2) is 47.3 Å². The molecule has 188 valence electrons. The zero-order valence-corrected chi connectivity index (χ0v) is 21.4. The summed E-state index contributed by atoms with van der Waals surface area (Å²) in [6.45, 7) is 7.48. The van der Waals surface area contributed by atoms with E-state index in [1.165, 1.54) is 18.4 Å². The highest BCUT2D eigenvalue weighted by Gasteiger charge is 2.49. The van der Waals surface area contributed by atoms with Gasteiger partial charge in [0.15, 0.2) is 0 Å². The van der Waals surface area contributed by atoms with E-state index in [0.29, 0.717) is 17.4 Å². The molecular weight excluding hydrogens is 450 g/mol. The molecule has 0 spiro atoms. The van der Waals surface area contributed by atoms with Crippen LogP contribution in [0.3, 0.4) is 0 Å². The van der Waals surface area contributed by atoms with Crippen molar-refractivity contribution in [3.8, 4) is 5.69 Å². The van der Waals surface area contributed by atoms with Gasteiger partial charge in [-0.15, -0.1) is 10.2 Å². The number of aromatic amines is 1. The molecule has 1 aliphatic heterocycles. The van der Waals surface area contributed by atoms with E-state index in [1.54, 1.807) is 10.9 Å². The highest BCUT2D eigenvalue weighted by Crippen LogP contribution is 2.52. The molecule has 8 heteroatoms. The standard InChI is InChI=1S/C28H35N7O/c1-4-20-14-28(15-20,27-32-29-18-33(27)3)21-8-5-9-22(13-21)35-12-10-23-25(26(35)36)31-24(30-23)17-34-11-6-7-19(2)16-34/h5,8-10,12-13,18-20H,4,6-7,11,14-17H2,1-3H3,(H,30,31)/t19-,20?,28?/m0/s1. The molecule has 0 bridgehead atoms. The molecule has 0 radical (unpaired) electrons. The average Bonchev–Trinajstić information content (AvgIpc) is 3.46. The van der Waals surface area contributed by atoms with Crippen molar-refractivity contribution in [1.82, 2.24) is 34.2 Å². The largest absolute Gasteiger partial charge is 0.336 e.